The van der Waals surface area contributed by atoms with E-state index in [4.69, 9.17) is 9.47 Å². The summed E-state index contributed by atoms with van der Waals surface area (Å²) in [7, 11) is 0. The van der Waals surface area contributed by atoms with E-state index in [0.29, 0.717) is 13.0 Å². The molecule has 1 N–H and O–H groups in total. The van der Waals surface area contributed by atoms with Gasteiger partial charge in [-0.3, -0.25) is 14.4 Å². The van der Waals surface area contributed by atoms with Gasteiger partial charge in [0.1, 0.15) is 29.8 Å². The Morgan fingerprint density at radius 2 is 1.94 bits per heavy atom. The van der Waals surface area contributed by atoms with E-state index < -0.39 is 35.0 Å². The average molecular weight is 433 g/mol. The van der Waals surface area contributed by atoms with Gasteiger partial charge in [0.05, 0.1) is 12.5 Å². The van der Waals surface area contributed by atoms with E-state index in [1.54, 1.807) is 11.0 Å². The molecule has 8 nitrogen and oxygen atoms in total. The van der Waals surface area contributed by atoms with E-state index in [0.717, 1.165) is 12.8 Å². The van der Waals surface area contributed by atoms with Gasteiger partial charge in [0, 0.05) is 19.1 Å². The Morgan fingerprint density at radius 3 is 2.61 bits per heavy atom. The van der Waals surface area contributed by atoms with Crippen molar-refractivity contribution in [1.82, 2.24) is 9.80 Å². The fourth-order valence-corrected chi connectivity index (χ4v) is 5.93. The molecule has 2 saturated heterocycles. The maximum Gasteiger partial charge on any atom is 0.313 e. The predicted octanol–water partition coefficient (Wildman–Crippen LogP) is 1.04. The monoisotopic (exact) mass is 432 g/mol. The quantitative estimate of drug-likeness (QED) is 0.498. The van der Waals surface area contributed by atoms with E-state index in [9.17, 15) is 19.5 Å². The summed E-state index contributed by atoms with van der Waals surface area (Å²) in [5.74, 6) is -2.73. The highest BCUT2D eigenvalue weighted by molar-refractivity contribution is 5.99. The van der Waals surface area contributed by atoms with Crippen molar-refractivity contribution in [3.05, 3.63) is 24.3 Å². The molecule has 0 aliphatic carbocycles. The molecule has 0 aromatic heterocycles. The molecule has 0 bridgehead atoms. The number of amides is 2. The van der Waals surface area contributed by atoms with Crippen molar-refractivity contribution in [2.75, 3.05) is 26.3 Å². The Morgan fingerprint density at radius 1 is 1.16 bits per heavy atom. The van der Waals surface area contributed by atoms with Crippen LogP contribution in [0.3, 0.4) is 0 Å². The van der Waals surface area contributed by atoms with E-state index in [-0.39, 0.29) is 37.6 Å². The van der Waals surface area contributed by atoms with Crippen molar-refractivity contribution in [2.45, 2.75) is 63.3 Å². The highest BCUT2D eigenvalue weighted by atomic mass is 16.6. The van der Waals surface area contributed by atoms with Gasteiger partial charge in [-0.15, -0.1) is 0 Å². The zero-order chi connectivity index (χ0) is 22.4. The standard InChI is InChI=1S/C23H32N2O6/c1-4-8-15(3)24-11-6-10-23-16(19(27)25(12-13-26)18(23)20(24)28)17-21(29)30-14-7-9-22(17,5-2)31-23/h6-7,9-10,15-18,26H,4-5,8,11-14H2,1-3H3/t15?,16-,17+,18?,22-,23-/m0/s1. The Kier molecular flexibility index (Phi) is 5.72. The van der Waals surface area contributed by atoms with Gasteiger partial charge in [-0.25, -0.2) is 0 Å². The molecule has 2 amide bonds. The number of ether oxygens (including phenoxy) is 2. The Bertz CT molecular complexity index is 825. The smallest absolute Gasteiger partial charge is 0.313 e. The first-order valence-corrected chi connectivity index (χ1v) is 11.3. The molecule has 4 heterocycles. The minimum Gasteiger partial charge on any atom is -0.461 e. The summed E-state index contributed by atoms with van der Waals surface area (Å²) < 4.78 is 12.1. The van der Waals surface area contributed by atoms with Crippen LogP contribution < -0.4 is 0 Å². The molecule has 2 unspecified atom stereocenters. The maximum atomic E-state index is 13.9. The molecule has 8 heteroatoms. The number of nitrogens with zero attached hydrogens (tertiary/aromatic N) is 2. The van der Waals surface area contributed by atoms with Crippen LogP contribution in [0.25, 0.3) is 0 Å². The van der Waals surface area contributed by atoms with Gasteiger partial charge in [0.25, 0.3) is 0 Å². The number of fused-ring (bicyclic) bond motifs is 2. The van der Waals surface area contributed by atoms with Gasteiger partial charge >= 0.3 is 5.97 Å². The molecule has 0 aromatic carbocycles. The van der Waals surface area contributed by atoms with Crippen molar-refractivity contribution in [1.29, 1.82) is 0 Å². The van der Waals surface area contributed by atoms with Crippen LogP contribution in [0.4, 0.5) is 0 Å². The van der Waals surface area contributed by atoms with Crippen LogP contribution in [0.15, 0.2) is 24.3 Å². The second-order valence-electron chi connectivity index (χ2n) is 8.94. The largest absolute Gasteiger partial charge is 0.461 e. The van der Waals surface area contributed by atoms with Gasteiger partial charge in [-0.05, 0) is 25.8 Å². The third-order valence-corrected chi connectivity index (χ3v) is 7.31. The van der Waals surface area contributed by atoms with E-state index in [2.05, 4.69) is 6.92 Å². The average Bonchev–Trinajstić information content (AvgIpc) is 3.00. The molecule has 2 fully saturated rings. The maximum absolute atomic E-state index is 13.9. The predicted molar refractivity (Wildman–Crippen MR) is 112 cm³/mol. The number of aliphatic hydroxyl groups excluding tert-OH is 1. The lowest BCUT2D eigenvalue weighted by Gasteiger charge is -2.39. The number of hydrogen-bond acceptors (Lipinski definition) is 6. The molecule has 4 aliphatic heterocycles. The van der Waals surface area contributed by atoms with Crippen LogP contribution in [0, 0.1) is 11.8 Å². The Hall–Kier alpha value is -2.19. The molecular weight excluding hydrogens is 400 g/mol. The van der Waals surface area contributed by atoms with Gasteiger partial charge in [0.15, 0.2) is 0 Å². The molecule has 4 aliphatic rings. The number of β-amino-alcohol motifs (C(OH)–C–C–N with tert-alkyl or cyclic N) is 1. The number of rotatable bonds is 6. The number of carbonyl (C=O) groups is 3. The zero-order valence-corrected chi connectivity index (χ0v) is 18.5. The molecule has 4 rings (SSSR count). The van der Waals surface area contributed by atoms with Gasteiger partial charge < -0.3 is 24.4 Å². The molecule has 0 radical (unpaired) electrons. The van der Waals surface area contributed by atoms with Crippen molar-refractivity contribution in [3.63, 3.8) is 0 Å². The van der Waals surface area contributed by atoms with Gasteiger partial charge in [0.2, 0.25) is 11.8 Å². The van der Waals surface area contributed by atoms with Crippen LogP contribution in [-0.2, 0) is 23.9 Å². The minimum atomic E-state index is -1.27. The van der Waals surface area contributed by atoms with Crippen LogP contribution in [0.2, 0.25) is 0 Å². The van der Waals surface area contributed by atoms with Crippen molar-refractivity contribution >= 4 is 17.8 Å². The third kappa shape index (κ3) is 3.06. The molecule has 170 valence electrons. The van der Waals surface area contributed by atoms with Crippen LogP contribution in [-0.4, -0.2) is 82.3 Å². The third-order valence-electron chi connectivity index (χ3n) is 7.31. The van der Waals surface area contributed by atoms with E-state index in [1.165, 1.54) is 4.90 Å². The summed E-state index contributed by atoms with van der Waals surface area (Å²) >= 11 is 0. The first-order valence-electron chi connectivity index (χ1n) is 11.3. The summed E-state index contributed by atoms with van der Waals surface area (Å²) in [5.41, 5.74) is -2.28. The first-order chi connectivity index (χ1) is 14.9. The summed E-state index contributed by atoms with van der Waals surface area (Å²) in [4.78, 5) is 43.7. The number of aliphatic hydroxyl groups is 1. The molecule has 6 atom stereocenters. The van der Waals surface area contributed by atoms with Gasteiger partial charge in [-0.1, -0.05) is 38.5 Å². The fourth-order valence-electron chi connectivity index (χ4n) is 5.93. The number of cyclic esters (lactones) is 1. The lowest BCUT2D eigenvalue weighted by Crippen LogP contribution is -2.57. The number of likely N-dealkylation sites (tertiary alicyclic amines) is 1. The summed E-state index contributed by atoms with van der Waals surface area (Å²) in [6.07, 6.45) is 9.53. The number of esters is 1. The summed E-state index contributed by atoms with van der Waals surface area (Å²) in [6.45, 7) is 6.27. The topological polar surface area (TPSA) is 96.4 Å². The lowest BCUT2D eigenvalue weighted by molar-refractivity contribution is -0.160. The summed E-state index contributed by atoms with van der Waals surface area (Å²) in [5, 5.41) is 9.66. The van der Waals surface area contributed by atoms with Crippen molar-refractivity contribution in [2.24, 2.45) is 11.8 Å². The van der Waals surface area contributed by atoms with E-state index >= 15 is 0 Å². The Labute approximate surface area is 182 Å². The molecular formula is C23H32N2O6. The SMILES string of the molecule is CCCC(C)N1CC=C[C@]23O[C@@]4(CC)C=CCOC(=O)[C@H]4[C@H]2C(=O)N(CCO)C3C1=O. The van der Waals surface area contributed by atoms with Crippen LogP contribution >= 0.6 is 0 Å². The fraction of sp³-hybridized carbons (Fsp3) is 0.696. The second kappa shape index (κ2) is 8.06. The highest BCUT2D eigenvalue weighted by Crippen LogP contribution is 2.58. The highest BCUT2D eigenvalue weighted by Gasteiger charge is 2.75. The molecule has 0 saturated carbocycles. The first kappa shape index (κ1) is 22.0. The summed E-state index contributed by atoms with van der Waals surface area (Å²) in [6, 6.07) is -0.925. The minimum absolute atomic E-state index is 0.000643. The van der Waals surface area contributed by atoms with Crippen molar-refractivity contribution in [3.8, 4) is 0 Å². The second-order valence-corrected chi connectivity index (χ2v) is 8.94. The van der Waals surface area contributed by atoms with Crippen LogP contribution in [0.5, 0.6) is 0 Å². The van der Waals surface area contributed by atoms with Crippen molar-refractivity contribution < 1.29 is 29.0 Å². The molecule has 1 spiro atoms. The van der Waals surface area contributed by atoms with E-state index in [1.807, 2.05) is 32.1 Å². The lowest BCUT2D eigenvalue weighted by atomic mass is 9.73. The normalized spacial score (nSPS) is 37.8. The molecule has 0 aromatic rings. The number of hydrogen-bond donors (Lipinski definition) is 1. The zero-order valence-electron chi connectivity index (χ0n) is 18.5. The number of carbonyl (C=O) groups excluding carboxylic acids is 3. The van der Waals surface area contributed by atoms with Crippen LogP contribution in [0.1, 0.15) is 40.0 Å². The Balaban J connectivity index is 1.86. The van der Waals surface area contributed by atoms with Gasteiger partial charge in [-0.2, -0.15) is 0 Å². The molecule has 31 heavy (non-hydrogen) atoms.